The zero-order valence-electron chi connectivity index (χ0n) is 32.8. The van der Waals surface area contributed by atoms with Crippen LogP contribution in [-0.4, -0.2) is 0 Å². The van der Waals surface area contributed by atoms with E-state index in [-0.39, 0.29) is 12.8 Å². The van der Waals surface area contributed by atoms with Crippen LogP contribution in [0.15, 0.2) is 109 Å². The summed E-state index contributed by atoms with van der Waals surface area (Å²) in [5, 5.41) is 2.65. The molecule has 0 bridgehead atoms. The van der Waals surface area contributed by atoms with E-state index >= 15 is 0 Å². The van der Waals surface area contributed by atoms with Crippen molar-refractivity contribution in [1.29, 1.82) is 0 Å². The third-order valence-electron chi connectivity index (χ3n) is 10.8. The molecule has 0 heterocycles. The van der Waals surface area contributed by atoms with Gasteiger partial charge in [-0.3, -0.25) is 0 Å². The standard InChI is InChI=1S/C45H46.C6H12.CH4/c1-9-11-18-36-38(15-10-2)44-32(6)45(7,8)24-23-39(44)37-22-21-34(26-43(36)37)41-27-35(33-16-13-12-14-17-33)28-42(31(41)5)40-25-29(3)19-20-30(40)4;1-3-5-6-4-2;/h10-28,32H,9H2,1-8H3;3,5H,4,6H2,1-2H3;1H4/b15-10-,18-11-;5-3-;. The van der Waals surface area contributed by atoms with E-state index < -0.39 is 0 Å². The summed E-state index contributed by atoms with van der Waals surface area (Å²) in [5.74, 6) is 0.409. The number of aryl methyl sites for hydroxylation is 2. The minimum absolute atomic E-state index is 0. The van der Waals surface area contributed by atoms with E-state index in [1.807, 2.05) is 0 Å². The molecule has 0 aliphatic heterocycles. The second-order valence-corrected chi connectivity index (χ2v) is 14.8. The van der Waals surface area contributed by atoms with Gasteiger partial charge in [-0.25, -0.2) is 0 Å². The van der Waals surface area contributed by atoms with Gasteiger partial charge in [-0.1, -0.05) is 163 Å². The minimum atomic E-state index is 0. The number of unbranched alkanes of at least 4 members (excludes halogenated alkanes) is 1. The molecule has 1 atom stereocenters. The third-order valence-corrected chi connectivity index (χ3v) is 10.8. The summed E-state index contributed by atoms with van der Waals surface area (Å²) in [4.78, 5) is 0. The molecule has 6 rings (SSSR count). The Morgan fingerprint density at radius 1 is 0.673 bits per heavy atom. The monoisotopic (exact) mass is 686 g/mol. The zero-order chi connectivity index (χ0) is 36.7. The average molecular weight is 687 g/mol. The Morgan fingerprint density at radius 2 is 1.40 bits per heavy atom. The summed E-state index contributed by atoms with van der Waals surface area (Å²) in [6.07, 6.45) is 21.8. The Kier molecular flexibility index (Phi) is 13.6. The zero-order valence-corrected chi connectivity index (χ0v) is 32.8. The Morgan fingerprint density at radius 3 is 2.06 bits per heavy atom. The van der Waals surface area contributed by atoms with Gasteiger partial charge in [-0.05, 0) is 155 Å². The second kappa shape index (κ2) is 17.7. The van der Waals surface area contributed by atoms with Crippen LogP contribution in [0.1, 0.15) is 120 Å². The molecule has 0 heteroatoms. The Balaban J connectivity index is 0.000000798. The maximum Gasteiger partial charge on any atom is -0.00920 e. The molecule has 0 aromatic heterocycles. The van der Waals surface area contributed by atoms with Crippen LogP contribution in [0.25, 0.3) is 62.4 Å². The van der Waals surface area contributed by atoms with E-state index in [1.54, 1.807) is 0 Å². The van der Waals surface area contributed by atoms with Crippen LogP contribution in [0.3, 0.4) is 0 Å². The molecular formula is C52H62. The molecule has 0 fully saturated rings. The predicted molar refractivity (Wildman–Crippen MR) is 236 cm³/mol. The molecule has 1 aliphatic carbocycles. The molecule has 0 spiro atoms. The van der Waals surface area contributed by atoms with Crippen molar-refractivity contribution in [3.63, 3.8) is 0 Å². The summed E-state index contributed by atoms with van der Waals surface area (Å²) in [6.45, 7) is 22.4. The van der Waals surface area contributed by atoms with E-state index in [0.717, 1.165) is 6.42 Å². The first-order valence-corrected chi connectivity index (χ1v) is 19.1. The fraction of sp³-hybridized carbons (Fsp3) is 0.308. The van der Waals surface area contributed by atoms with Crippen LogP contribution >= 0.6 is 0 Å². The van der Waals surface area contributed by atoms with E-state index in [9.17, 15) is 0 Å². The number of hydrogen-bond acceptors (Lipinski definition) is 0. The minimum Gasteiger partial charge on any atom is -0.0917 e. The van der Waals surface area contributed by atoms with Gasteiger partial charge in [0.2, 0.25) is 0 Å². The number of benzene rings is 5. The van der Waals surface area contributed by atoms with Crippen molar-refractivity contribution in [3.8, 4) is 33.4 Å². The van der Waals surface area contributed by atoms with Crippen molar-refractivity contribution in [2.45, 2.75) is 102 Å². The molecule has 0 saturated carbocycles. The fourth-order valence-corrected chi connectivity index (χ4v) is 7.42. The molecule has 1 aliphatic rings. The largest absolute Gasteiger partial charge is 0.0917 e. The Bertz CT molecular complexity index is 2110. The Labute approximate surface area is 316 Å². The van der Waals surface area contributed by atoms with Crippen molar-refractivity contribution in [2.75, 3.05) is 0 Å². The topological polar surface area (TPSA) is 0 Å². The molecule has 0 nitrogen and oxygen atoms in total. The van der Waals surface area contributed by atoms with Gasteiger partial charge in [0.15, 0.2) is 0 Å². The van der Waals surface area contributed by atoms with E-state index in [1.165, 1.54) is 95.9 Å². The van der Waals surface area contributed by atoms with Crippen molar-refractivity contribution < 1.29 is 0 Å². The molecule has 0 amide bonds. The molecule has 52 heavy (non-hydrogen) atoms. The summed E-state index contributed by atoms with van der Waals surface area (Å²) in [5.41, 5.74) is 17.2. The lowest BCUT2D eigenvalue weighted by Crippen LogP contribution is -2.22. The van der Waals surface area contributed by atoms with Crippen LogP contribution < -0.4 is 0 Å². The third kappa shape index (κ3) is 8.34. The van der Waals surface area contributed by atoms with Crippen molar-refractivity contribution in [1.82, 2.24) is 0 Å². The van der Waals surface area contributed by atoms with E-state index in [0.29, 0.717) is 5.92 Å². The molecule has 5 aromatic carbocycles. The predicted octanol–water partition coefficient (Wildman–Crippen LogP) is 16.4. The number of fused-ring (bicyclic) bond motifs is 3. The first kappa shape index (κ1) is 40.1. The molecule has 5 aromatic rings. The van der Waals surface area contributed by atoms with Crippen LogP contribution in [0.4, 0.5) is 0 Å². The summed E-state index contributed by atoms with van der Waals surface area (Å²) >= 11 is 0. The first-order valence-electron chi connectivity index (χ1n) is 19.1. The molecular weight excluding hydrogens is 625 g/mol. The molecule has 0 N–H and O–H groups in total. The maximum absolute atomic E-state index is 2.46. The van der Waals surface area contributed by atoms with Gasteiger partial charge >= 0.3 is 0 Å². The number of allylic oxidation sites excluding steroid dienone is 5. The van der Waals surface area contributed by atoms with Gasteiger partial charge in [0.25, 0.3) is 0 Å². The quantitative estimate of drug-likeness (QED) is 0.143. The van der Waals surface area contributed by atoms with Gasteiger partial charge in [0, 0.05) is 0 Å². The lowest BCUT2D eigenvalue weighted by molar-refractivity contribution is 0.392. The summed E-state index contributed by atoms with van der Waals surface area (Å²) in [6, 6.07) is 29.6. The second-order valence-electron chi connectivity index (χ2n) is 14.8. The molecule has 0 saturated heterocycles. The van der Waals surface area contributed by atoms with Crippen LogP contribution in [0.2, 0.25) is 0 Å². The highest BCUT2D eigenvalue weighted by molar-refractivity contribution is 6.04. The highest BCUT2D eigenvalue weighted by Crippen LogP contribution is 2.49. The van der Waals surface area contributed by atoms with Gasteiger partial charge < -0.3 is 0 Å². The lowest BCUT2D eigenvalue weighted by atomic mass is 9.68. The Hall–Kier alpha value is -4.68. The highest BCUT2D eigenvalue weighted by Gasteiger charge is 2.32. The average Bonchev–Trinajstić information content (AvgIpc) is 3.13. The van der Waals surface area contributed by atoms with Gasteiger partial charge in [0.05, 0.1) is 0 Å². The molecule has 270 valence electrons. The summed E-state index contributed by atoms with van der Waals surface area (Å²) in [7, 11) is 0. The van der Waals surface area contributed by atoms with E-state index in [4.69, 9.17) is 0 Å². The van der Waals surface area contributed by atoms with Crippen LogP contribution in [0, 0.1) is 26.2 Å². The number of hydrogen-bond donors (Lipinski definition) is 0. The van der Waals surface area contributed by atoms with Crippen LogP contribution in [0.5, 0.6) is 0 Å². The molecule has 0 radical (unpaired) electrons. The first-order chi connectivity index (χ1) is 24.6. The van der Waals surface area contributed by atoms with Gasteiger partial charge in [0.1, 0.15) is 0 Å². The van der Waals surface area contributed by atoms with Crippen LogP contribution in [-0.2, 0) is 0 Å². The SMILES string of the molecule is C.C/C=C\CCC.C/C=C\c1c2c(c3ccc(-c4cc(-c5ccccc5)cc(-c5cc(C)ccc5C)c4C)cc3c1/C=C\CC)C=CC(C)(C)C2C. The highest BCUT2D eigenvalue weighted by atomic mass is 14.4. The summed E-state index contributed by atoms with van der Waals surface area (Å²) < 4.78 is 0. The van der Waals surface area contributed by atoms with Crippen molar-refractivity contribution in [2.24, 2.45) is 5.41 Å². The van der Waals surface area contributed by atoms with Crippen molar-refractivity contribution >= 4 is 29.0 Å². The number of rotatable bonds is 8. The fourth-order valence-electron chi connectivity index (χ4n) is 7.42. The lowest BCUT2D eigenvalue weighted by Gasteiger charge is -2.36. The maximum atomic E-state index is 2.46. The molecule has 1 unspecified atom stereocenters. The van der Waals surface area contributed by atoms with Gasteiger partial charge in [-0.2, -0.15) is 0 Å². The van der Waals surface area contributed by atoms with Gasteiger partial charge in [-0.15, -0.1) is 0 Å². The smallest absolute Gasteiger partial charge is 0.00920 e. The van der Waals surface area contributed by atoms with Crippen molar-refractivity contribution in [3.05, 3.63) is 148 Å². The normalized spacial score (nSPS) is 14.8. The van der Waals surface area contributed by atoms with E-state index in [2.05, 4.69) is 197 Å².